The van der Waals surface area contributed by atoms with Crippen molar-refractivity contribution in [3.8, 4) is 11.5 Å². The van der Waals surface area contributed by atoms with Gasteiger partial charge in [0, 0.05) is 6.54 Å². The van der Waals surface area contributed by atoms with Crippen molar-refractivity contribution in [2.45, 2.75) is 26.6 Å². The lowest BCUT2D eigenvalue weighted by Crippen LogP contribution is -2.36. The molecule has 142 valence electrons. The van der Waals surface area contributed by atoms with E-state index in [1.165, 1.54) is 4.68 Å². The Morgan fingerprint density at radius 2 is 2.04 bits per heavy atom. The Labute approximate surface area is 157 Å². The molecular weight excluding hydrogens is 356 g/mol. The highest BCUT2D eigenvalue weighted by molar-refractivity contribution is 7.71. The van der Waals surface area contributed by atoms with Gasteiger partial charge in [0.1, 0.15) is 11.5 Å². The topological polar surface area (TPSA) is 81.8 Å². The van der Waals surface area contributed by atoms with E-state index in [1.54, 1.807) is 24.1 Å². The fourth-order valence-electron chi connectivity index (χ4n) is 2.16. The average Bonchev–Trinajstić information content (AvgIpc) is 2.98. The van der Waals surface area contributed by atoms with Crippen molar-refractivity contribution in [2.24, 2.45) is 0 Å². The molecule has 2 aromatic rings. The number of nitrogens with zero attached hydrogens (tertiary/aromatic N) is 3. The third-order valence-electron chi connectivity index (χ3n) is 3.43. The number of carbonyl (C=O) groups excluding carboxylic acids is 1. The molecule has 0 radical (unpaired) electrons. The van der Waals surface area contributed by atoms with Crippen molar-refractivity contribution in [3.05, 3.63) is 35.0 Å². The fraction of sp³-hybridized carbons (Fsp3) is 0.471. The second-order valence-corrected chi connectivity index (χ2v) is 6.08. The van der Waals surface area contributed by atoms with Crippen molar-refractivity contribution in [3.63, 3.8) is 0 Å². The third kappa shape index (κ3) is 6.16. The molecule has 0 bridgehead atoms. The van der Waals surface area contributed by atoms with E-state index in [2.05, 4.69) is 10.4 Å². The maximum Gasteiger partial charge on any atom is 0.288 e. The molecule has 0 saturated heterocycles. The third-order valence-corrected chi connectivity index (χ3v) is 3.73. The maximum absolute atomic E-state index is 11.7. The van der Waals surface area contributed by atoms with Crippen LogP contribution in [0.25, 0.3) is 0 Å². The first-order valence-corrected chi connectivity index (χ1v) is 8.71. The quantitative estimate of drug-likeness (QED) is 0.633. The molecule has 8 nitrogen and oxygen atoms in total. The Bertz CT molecular complexity index is 757. The molecule has 1 aromatic heterocycles. The van der Waals surface area contributed by atoms with Gasteiger partial charge in [-0.2, -0.15) is 0 Å². The highest BCUT2D eigenvalue weighted by Gasteiger charge is 2.11. The molecule has 9 heteroatoms. The summed E-state index contributed by atoms with van der Waals surface area (Å²) in [5.74, 6) is 1.76. The minimum Gasteiger partial charge on any atom is -0.497 e. The molecule has 0 spiro atoms. The molecule has 1 aromatic carbocycles. The first-order valence-electron chi connectivity index (χ1n) is 8.30. The van der Waals surface area contributed by atoms with Gasteiger partial charge in [0.15, 0.2) is 6.61 Å². The average molecular weight is 380 g/mol. The Hall–Kier alpha value is -2.39. The smallest absolute Gasteiger partial charge is 0.288 e. The van der Waals surface area contributed by atoms with Crippen LogP contribution in [0.5, 0.6) is 11.5 Å². The van der Waals surface area contributed by atoms with Crippen LogP contribution >= 0.6 is 12.2 Å². The van der Waals surface area contributed by atoms with Crippen LogP contribution in [0.3, 0.4) is 0 Å². The van der Waals surface area contributed by atoms with E-state index >= 15 is 0 Å². The number of hydrogen-bond donors (Lipinski definition) is 1. The van der Waals surface area contributed by atoms with E-state index in [4.69, 9.17) is 26.1 Å². The van der Waals surface area contributed by atoms with Crippen LogP contribution in [0, 0.1) is 4.84 Å². The predicted octanol–water partition coefficient (Wildman–Crippen LogP) is 2.21. The van der Waals surface area contributed by atoms with E-state index in [0.717, 1.165) is 12.2 Å². The van der Waals surface area contributed by atoms with E-state index in [1.807, 2.05) is 26.1 Å². The maximum atomic E-state index is 11.7. The monoisotopic (exact) mass is 380 g/mol. The Morgan fingerprint density at radius 3 is 2.69 bits per heavy atom. The lowest BCUT2D eigenvalue weighted by atomic mass is 10.3. The number of aromatic nitrogens is 2. The van der Waals surface area contributed by atoms with Crippen molar-refractivity contribution < 1.29 is 18.7 Å². The van der Waals surface area contributed by atoms with E-state index in [9.17, 15) is 4.79 Å². The van der Waals surface area contributed by atoms with Crippen LogP contribution in [0.15, 0.2) is 28.7 Å². The number of rotatable bonds is 10. The van der Waals surface area contributed by atoms with Gasteiger partial charge < -0.3 is 19.2 Å². The molecule has 0 atom stereocenters. The molecule has 26 heavy (non-hydrogen) atoms. The van der Waals surface area contributed by atoms with Crippen molar-refractivity contribution in [1.82, 2.24) is 20.0 Å². The van der Waals surface area contributed by atoms with Crippen LogP contribution in [0.2, 0.25) is 0 Å². The minimum atomic E-state index is -0.0348. The number of nitrogens with one attached hydrogen (secondary N) is 1. The first-order chi connectivity index (χ1) is 12.5. The number of hydrogen-bond acceptors (Lipinski definition) is 7. The summed E-state index contributed by atoms with van der Waals surface area (Å²) in [6.07, 6.45) is 0.904. The fourth-order valence-corrected chi connectivity index (χ4v) is 2.35. The van der Waals surface area contributed by atoms with Gasteiger partial charge in [-0.1, -0.05) is 6.92 Å². The highest BCUT2D eigenvalue weighted by Crippen LogP contribution is 2.18. The summed E-state index contributed by atoms with van der Waals surface area (Å²) in [4.78, 5) is 13.8. The zero-order chi connectivity index (χ0) is 18.9. The lowest BCUT2D eigenvalue weighted by Gasteiger charge is -2.15. The largest absolute Gasteiger partial charge is 0.497 e. The summed E-state index contributed by atoms with van der Waals surface area (Å²) in [6, 6.07) is 7.21. The summed E-state index contributed by atoms with van der Waals surface area (Å²) >= 11 is 5.17. The minimum absolute atomic E-state index is 0.0348. The summed E-state index contributed by atoms with van der Waals surface area (Å²) in [5.41, 5.74) is 0. The first kappa shape index (κ1) is 19.9. The van der Waals surface area contributed by atoms with Crippen LogP contribution in [0.1, 0.15) is 19.2 Å². The molecule has 2 rings (SSSR count). The Morgan fingerprint density at radius 1 is 1.35 bits per heavy atom. The molecule has 0 fully saturated rings. The van der Waals surface area contributed by atoms with Crippen molar-refractivity contribution in [1.29, 1.82) is 0 Å². The number of benzene rings is 1. The summed E-state index contributed by atoms with van der Waals surface area (Å²) in [5, 5.41) is 7.12. The van der Waals surface area contributed by atoms with Crippen LogP contribution in [0.4, 0.5) is 0 Å². The molecule has 0 aliphatic rings. The molecule has 1 N–H and O–H groups in total. The van der Waals surface area contributed by atoms with Crippen LogP contribution < -0.4 is 14.8 Å². The Balaban J connectivity index is 1.87. The normalized spacial score (nSPS) is 10.8. The van der Waals surface area contributed by atoms with Gasteiger partial charge in [-0.05, 0) is 50.0 Å². The summed E-state index contributed by atoms with van der Waals surface area (Å²) in [7, 11) is 3.42. The van der Waals surface area contributed by atoms with Crippen molar-refractivity contribution >= 4 is 18.1 Å². The zero-order valence-electron chi connectivity index (χ0n) is 15.2. The molecule has 0 aliphatic heterocycles. The SMILES string of the molecule is CCCNC(=O)CN(C)Cn1nc(COc2ccc(OC)cc2)oc1=S. The molecule has 0 saturated carbocycles. The summed E-state index contributed by atoms with van der Waals surface area (Å²) < 4.78 is 17.7. The second-order valence-electron chi connectivity index (χ2n) is 5.73. The second kappa shape index (κ2) is 9.93. The standard InChI is InChI=1S/C17H24N4O4S/c1-4-9-18-15(22)10-20(2)12-21-17(26)25-16(19-21)11-24-14-7-5-13(23-3)6-8-14/h5-8H,4,9-12H2,1-3H3,(H,18,22). The predicted molar refractivity (Wildman–Crippen MR) is 98.6 cm³/mol. The van der Waals surface area contributed by atoms with Gasteiger partial charge in [-0.15, -0.1) is 5.10 Å². The number of ether oxygens (including phenoxy) is 2. The van der Waals surface area contributed by atoms with Crippen LogP contribution in [-0.2, 0) is 18.1 Å². The lowest BCUT2D eigenvalue weighted by molar-refractivity contribution is -0.122. The van der Waals surface area contributed by atoms with E-state index in [-0.39, 0.29) is 23.9 Å². The molecular formula is C17H24N4O4S. The zero-order valence-corrected chi connectivity index (χ0v) is 16.0. The van der Waals surface area contributed by atoms with E-state index in [0.29, 0.717) is 24.9 Å². The van der Waals surface area contributed by atoms with Gasteiger partial charge >= 0.3 is 0 Å². The van der Waals surface area contributed by atoms with Gasteiger partial charge in [0.25, 0.3) is 10.7 Å². The van der Waals surface area contributed by atoms with Gasteiger partial charge in [0.05, 0.1) is 20.3 Å². The van der Waals surface area contributed by atoms with Gasteiger partial charge in [-0.25, -0.2) is 4.68 Å². The molecule has 0 aliphatic carbocycles. The van der Waals surface area contributed by atoms with E-state index < -0.39 is 0 Å². The van der Waals surface area contributed by atoms with Gasteiger partial charge in [0.2, 0.25) is 5.91 Å². The number of methoxy groups -OCH3 is 1. The molecule has 1 amide bonds. The molecule has 1 heterocycles. The van der Waals surface area contributed by atoms with Crippen molar-refractivity contribution in [2.75, 3.05) is 27.2 Å². The number of likely N-dealkylation sites (N-methyl/N-ethyl adjacent to an activating group) is 1. The number of amides is 1. The number of carbonyl (C=O) groups is 1. The van der Waals surface area contributed by atoms with Crippen LogP contribution in [-0.4, -0.2) is 47.8 Å². The molecule has 0 unspecified atom stereocenters. The highest BCUT2D eigenvalue weighted by atomic mass is 32.1. The Kier molecular flexibility index (Phi) is 7.61. The summed E-state index contributed by atoms with van der Waals surface area (Å²) in [6.45, 7) is 3.44. The van der Waals surface area contributed by atoms with Gasteiger partial charge in [-0.3, -0.25) is 9.69 Å².